The van der Waals surface area contributed by atoms with Gasteiger partial charge in [0.25, 0.3) is 17.4 Å². The highest BCUT2D eigenvalue weighted by Gasteiger charge is 2.44. The number of hydrogen-bond acceptors (Lipinski definition) is 9. The molecule has 4 aromatic rings. The third-order valence-electron chi connectivity index (χ3n) is 9.47. The van der Waals surface area contributed by atoms with E-state index in [0.717, 1.165) is 43.9 Å². The second-order valence-electron chi connectivity index (χ2n) is 12.7. The lowest BCUT2D eigenvalue weighted by atomic mass is 9.98. The molecule has 5 heterocycles. The van der Waals surface area contributed by atoms with Gasteiger partial charge in [0.1, 0.15) is 23.4 Å². The number of nitrogens with zero attached hydrogens (tertiary/aromatic N) is 5. The van der Waals surface area contributed by atoms with Crippen LogP contribution in [0.5, 0.6) is 11.5 Å². The molecule has 246 valence electrons. The van der Waals surface area contributed by atoms with Crippen LogP contribution in [0.4, 0.5) is 5.82 Å². The molecule has 3 aliphatic rings. The number of amides is 3. The van der Waals surface area contributed by atoms with Crippen LogP contribution in [0.3, 0.4) is 0 Å². The van der Waals surface area contributed by atoms with Gasteiger partial charge < -0.3 is 24.3 Å². The quantitative estimate of drug-likeness (QED) is 0.299. The molecular formula is C36H36N6O6. The normalized spacial score (nSPS) is 17.5. The average Bonchev–Trinajstić information content (AvgIpc) is 3.57. The first-order chi connectivity index (χ1) is 23.0. The van der Waals surface area contributed by atoms with Gasteiger partial charge in [0.15, 0.2) is 0 Å². The minimum absolute atomic E-state index is 0.136. The van der Waals surface area contributed by atoms with E-state index < -0.39 is 17.9 Å². The van der Waals surface area contributed by atoms with E-state index in [1.54, 1.807) is 44.2 Å². The van der Waals surface area contributed by atoms with E-state index in [1.807, 2.05) is 43.4 Å². The molecule has 48 heavy (non-hydrogen) atoms. The first kappa shape index (κ1) is 31.1. The largest absolute Gasteiger partial charge is 0.496 e. The summed E-state index contributed by atoms with van der Waals surface area (Å²) in [6.07, 6.45) is 4.30. The Hall–Kier alpha value is -5.49. The molecule has 1 saturated heterocycles. The maximum absolute atomic E-state index is 13.4. The Balaban J connectivity index is 1.18. The van der Waals surface area contributed by atoms with Crippen molar-refractivity contribution in [2.24, 2.45) is 7.05 Å². The van der Waals surface area contributed by atoms with Crippen LogP contribution in [-0.4, -0.2) is 71.4 Å². The number of piperidine rings is 1. The molecule has 0 saturated carbocycles. The summed E-state index contributed by atoms with van der Waals surface area (Å²) < 4.78 is 13.4. The Bertz CT molecular complexity index is 2070. The Morgan fingerprint density at radius 2 is 1.54 bits per heavy atom. The van der Waals surface area contributed by atoms with Gasteiger partial charge in [-0.1, -0.05) is 6.58 Å². The van der Waals surface area contributed by atoms with Crippen LogP contribution in [0, 0.1) is 0 Å². The summed E-state index contributed by atoms with van der Waals surface area (Å²) >= 11 is 0. The molecule has 0 spiro atoms. The Morgan fingerprint density at radius 1 is 0.917 bits per heavy atom. The predicted octanol–water partition coefficient (Wildman–Crippen LogP) is 3.59. The summed E-state index contributed by atoms with van der Waals surface area (Å²) in [7, 11) is 8.75. The summed E-state index contributed by atoms with van der Waals surface area (Å²) in [6.45, 7) is 5.37. The van der Waals surface area contributed by atoms with Crippen molar-refractivity contribution in [3.05, 3.63) is 93.2 Å². The summed E-state index contributed by atoms with van der Waals surface area (Å²) in [4.78, 5) is 62.1. The van der Waals surface area contributed by atoms with Crippen molar-refractivity contribution in [3.8, 4) is 22.6 Å². The van der Waals surface area contributed by atoms with Crippen LogP contribution in [-0.2, 0) is 31.5 Å². The van der Waals surface area contributed by atoms with Crippen molar-refractivity contribution in [1.82, 2.24) is 24.7 Å². The molecule has 0 aliphatic carbocycles. The Morgan fingerprint density at radius 3 is 2.10 bits per heavy atom. The van der Waals surface area contributed by atoms with Crippen molar-refractivity contribution in [2.75, 3.05) is 33.2 Å². The highest BCUT2D eigenvalue weighted by Crippen LogP contribution is 2.40. The summed E-state index contributed by atoms with van der Waals surface area (Å²) in [5.74, 6) is 0.717. The van der Waals surface area contributed by atoms with Gasteiger partial charge in [-0.3, -0.25) is 29.0 Å². The number of aromatic nitrogens is 2. The van der Waals surface area contributed by atoms with E-state index >= 15 is 0 Å². The van der Waals surface area contributed by atoms with E-state index in [4.69, 9.17) is 9.47 Å². The molecule has 0 radical (unpaired) electrons. The summed E-state index contributed by atoms with van der Waals surface area (Å²) in [5.41, 5.74) is 5.52. The highest BCUT2D eigenvalue weighted by atomic mass is 16.5. The van der Waals surface area contributed by atoms with Crippen LogP contribution in [0.1, 0.15) is 50.2 Å². The number of benzene rings is 2. The molecule has 1 unspecified atom stereocenters. The number of allylic oxidation sites excluding steroid dienone is 1. The molecule has 3 aliphatic heterocycles. The lowest BCUT2D eigenvalue weighted by molar-refractivity contribution is -0.125. The third-order valence-corrected chi connectivity index (χ3v) is 9.47. The third kappa shape index (κ3) is 5.00. The molecule has 0 bridgehead atoms. The first-order valence-electron chi connectivity index (χ1n) is 15.7. The van der Waals surface area contributed by atoms with Gasteiger partial charge in [-0.25, -0.2) is 4.98 Å². The molecule has 3 amide bonds. The number of rotatable bonds is 7. The fraction of sp³-hybridized carbons (Fsp3) is 0.306. The fourth-order valence-electron chi connectivity index (χ4n) is 6.97. The number of carbonyl (C=O) groups is 3. The van der Waals surface area contributed by atoms with Gasteiger partial charge in [-0.2, -0.15) is 0 Å². The number of fused-ring (bicyclic) bond motifs is 3. The zero-order valence-electron chi connectivity index (χ0n) is 27.5. The smallest absolute Gasteiger partial charge is 0.262 e. The molecular weight excluding hydrogens is 612 g/mol. The van der Waals surface area contributed by atoms with Gasteiger partial charge >= 0.3 is 0 Å². The SMILES string of the molecule is C=C1CCC(N2C(=O)c3cc4c(cc3C2=O)CN(Cc2c(OC)cc(-c3cn(C)c(=O)c5cnc(N(C)C)cc35)cc2OC)C4)C(=O)N1. The second-order valence-corrected chi connectivity index (χ2v) is 12.7. The zero-order chi connectivity index (χ0) is 34.0. The molecule has 12 nitrogen and oxygen atoms in total. The first-order valence-corrected chi connectivity index (χ1v) is 15.7. The van der Waals surface area contributed by atoms with Crippen molar-refractivity contribution in [1.29, 1.82) is 0 Å². The number of hydrogen-bond donors (Lipinski definition) is 1. The van der Waals surface area contributed by atoms with Crippen molar-refractivity contribution < 1.29 is 23.9 Å². The lowest BCUT2D eigenvalue weighted by Crippen LogP contribution is -2.51. The van der Waals surface area contributed by atoms with E-state index in [1.165, 1.54) is 0 Å². The predicted molar refractivity (Wildman–Crippen MR) is 180 cm³/mol. The molecule has 1 N–H and O–H groups in total. The second kappa shape index (κ2) is 11.6. The molecule has 1 fully saturated rings. The molecule has 1 atom stereocenters. The van der Waals surface area contributed by atoms with Crippen molar-refractivity contribution >= 4 is 34.3 Å². The van der Waals surface area contributed by atoms with E-state index in [9.17, 15) is 19.2 Å². The highest BCUT2D eigenvalue weighted by molar-refractivity contribution is 6.23. The van der Waals surface area contributed by atoms with E-state index in [2.05, 4.69) is 21.8 Å². The van der Waals surface area contributed by atoms with Gasteiger partial charge in [0.2, 0.25) is 5.91 Å². The lowest BCUT2D eigenvalue weighted by Gasteiger charge is -2.29. The monoisotopic (exact) mass is 648 g/mol. The standard InChI is InChI=1S/C36H36N6O6/c1-19-7-8-29(33(43)38-19)42-35(45)24-9-21-15-41(16-22(21)10-25(24)36(42)46)18-28-30(47-5)11-20(12-31(28)48-6)27-17-40(4)34(44)26-14-37-32(39(2)3)13-23(26)27/h9-14,17,29H,1,7-8,15-16,18H2,2-6H3,(H,38,43). The van der Waals surface area contributed by atoms with Crippen LogP contribution < -0.4 is 25.2 Å². The summed E-state index contributed by atoms with van der Waals surface area (Å²) in [6, 6.07) is 8.56. The average molecular weight is 649 g/mol. The topological polar surface area (TPSA) is 126 Å². The minimum Gasteiger partial charge on any atom is -0.496 e. The van der Waals surface area contributed by atoms with Crippen molar-refractivity contribution in [3.63, 3.8) is 0 Å². The number of nitrogens with one attached hydrogen (secondary N) is 1. The van der Waals surface area contributed by atoms with E-state index in [-0.39, 0.29) is 11.5 Å². The molecule has 12 heteroatoms. The number of ether oxygens (including phenoxy) is 2. The van der Waals surface area contributed by atoms with Crippen LogP contribution in [0.15, 0.2) is 59.8 Å². The maximum Gasteiger partial charge on any atom is 0.262 e. The number of aryl methyl sites for hydroxylation is 1. The van der Waals surface area contributed by atoms with Gasteiger partial charge in [0.05, 0.1) is 36.3 Å². The van der Waals surface area contributed by atoms with Gasteiger partial charge in [-0.15, -0.1) is 0 Å². The number of methoxy groups -OCH3 is 2. The maximum atomic E-state index is 13.4. The number of carbonyl (C=O) groups excluding carboxylic acids is 3. The Labute approximate surface area is 277 Å². The minimum atomic E-state index is -0.845. The van der Waals surface area contributed by atoms with Gasteiger partial charge in [-0.05, 0) is 59.9 Å². The number of imide groups is 1. The van der Waals surface area contributed by atoms with E-state index in [0.29, 0.717) is 66.2 Å². The molecule has 7 rings (SSSR count). The fourth-order valence-corrected chi connectivity index (χ4v) is 6.97. The van der Waals surface area contributed by atoms with Crippen LogP contribution >= 0.6 is 0 Å². The number of anilines is 1. The zero-order valence-corrected chi connectivity index (χ0v) is 27.5. The number of pyridine rings is 2. The van der Waals surface area contributed by atoms with Crippen molar-refractivity contribution in [2.45, 2.75) is 38.5 Å². The molecule has 2 aromatic carbocycles. The Kier molecular flexibility index (Phi) is 7.55. The van der Waals surface area contributed by atoms with Crippen LogP contribution in [0.2, 0.25) is 0 Å². The summed E-state index contributed by atoms with van der Waals surface area (Å²) in [5, 5.41) is 3.96. The molecule has 2 aromatic heterocycles. The van der Waals surface area contributed by atoms with Gasteiger partial charge in [0, 0.05) is 69.8 Å². The van der Waals surface area contributed by atoms with Crippen LogP contribution in [0.25, 0.3) is 21.9 Å².